The summed E-state index contributed by atoms with van der Waals surface area (Å²) in [6.45, 7) is 0.930. The number of nitrogens with zero attached hydrogens (tertiary/aromatic N) is 1. The highest BCUT2D eigenvalue weighted by molar-refractivity contribution is 7.15. The summed E-state index contributed by atoms with van der Waals surface area (Å²) in [5.74, 6) is 0. The van der Waals surface area contributed by atoms with Crippen molar-refractivity contribution >= 4 is 16.3 Å². The molecule has 2 rings (SSSR count). The molecule has 18 heavy (non-hydrogen) atoms. The Morgan fingerprint density at radius 3 is 2.67 bits per heavy atom. The van der Waals surface area contributed by atoms with Crippen molar-refractivity contribution in [3.05, 3.63) is 63.0 Å². The zero-order chi connectivity index (χ0) is 12.8. The maximum atomic E-state index is 10.5. The van der Waals surface area contributed by atoms with E-state index in [9.17, 15) is 10.1 Å². The topological polar surface area (TPSA) is 64.4 Å². The van der Waals surface area contributed by atoms with Crippen molar-refractivity contribution in [3.63, 3.8) is 0 Å². The number of benzene rings is 1. The van der Waals surface area contributed by atoms with Gasteiger partial charge < -0.3 is 0 Å². The van der Waals surface area contributed by atoms with Gasteiger partial charge in [0, 0.05) is 10.9 Å². The molecule has 1 aromatic carbocycles. The Hall–Kier alpha value is -1.76. The van der Waals surface area contributed by atoms with Crippen LogP contribution in [0.25, 0.3) is 0 Å². The zero-order valence-corrected chi connectivity index (χ0v) is 10.4. The van der Waals surface area contributed by atoms with Crippen molar-refractivity contribution in [1.29, 1.82) is 0 Å². The van der Waals surface area contributed by atoms with E-state index in [-0.39, 0.29) is 9.92 Å². The molecule has 1 N–H and O–H groups in total. The molecule has 0 amide bonds. The molecule has 0 aliphatic carbocycles. The van der Waals surface area contributed by atoms with Crippen molar-refractivity contribution < 1.29 is 9.76 Å². The molecule has 0 spiro atoms. The van der Waals surface area contributed by atoms with Crippen LogP contribution in [0.1, 0.15) is 10.4 Å². The minimum absolute atomic E-state index is 0.148. The molecule has 0 aliphatic heterocycles. The van der Waals surface area contributed by atoms with Gasteiger partial charge in [-0.2, -0.15) is 5.48 Å². The summed E-state index contributed by atoms with van der Waals surface area (Å²) in [4.78, 5) is 16.3. The predicted molar refractivity (Wildman–Crippen MR) is 69.0 cm³/mol. The van der Waals surface area contributed by atoms with Gasteiger partial charge in [0.05, 0.1) is 18.1 Å². The van der Waals surface area contributed by atoms with Gasteiger partial charge in [-0.25, -0.2) is 0 Å². The van der Waals surface area contributed by atoms with E-state index in [0.29, 0.717) is 13.2 Å². The lowest BCUT2D eigenvalue weighted by Gasteiger charge is -2.04. The predicted octanol–water partition coefficient (Wildman–Crippen LogP) is 2.88. The standard InChI is InChI=1S/C12H12N2O3S/c15-14(16)12-7-6-11(18-12)8-13-17-9-10-4-2-1-3-5-10/h1-7,13H,8-9H2. The molecule has 1 aromatic heterocycles. The van der Waals surface area contributed by atoms with Crippen LogP contribution in [0.5, 0.6) is 0 Å². The summed E-state index contributed by atoms with van der Waals surface area (Å²) in [5, 5.41) is 10.6. The van der Waals surface area contributed by atoms with Crippen LogP contribution >= 0.6 is 11.3 Å². The third kappa shape index (κ3) is 3.63. The minimum Gasteiger partial charge on any atom is -0.297 e. The molecule has 6 heteroatoms. The van der Waals surface area contributed by atoms with Gasteiger partial charge in [0.1, 0.15) is 0 Å². The maximum Gasteiger partial charge on any atom is 0.324 e. The number of rotatable bonds is 6. The van der Waals surface area contributed by atoms with Crippen molar-refractivity contribution in [3.8, 4) is 0 Å². The van der Waals surface area contributed by atoms with Crippen LogP contribution < -0.4 is 5.48 Å². The van der Waals surface area contributed by atoms with Crippen LogP contribution in [0, 0.1) is 10.1 Å². The molecular formula is C12H12N2O3S. The Morgan fingerprint density at radius 1 is 1.22 bits per heavy atom. The fourth-order valence-electron chi connectivity index (χ4n) is 1.39. The molecular weight excluding hydrogens is 252 g/mol. The Balaban J connectivity index is 1.73. The average Bonchev–Trinajstić information content (AvgIpc) is 2.85. The Bertz CT molecular complexity index is 513. The van der Waals surface area contributed by atoms with Gasteiger partial charge in [-0.15, -0.1) is 0 Å². The van der Waals surface area contributed by atoms with Crippen LogP contribution in [-0.4, -0.2) is 4.92 Å². The first-order valence-corrected chi connectivity index (χ1v) is 6.19. The van der Waals surface area contributed by atoms with Gasteiger partial charge in [-0.3, -0.25) is 15.0 Å². The Labute approximate surface area is 108 Å². The molecule has 0 atom stereocenters. The second-order valence-corrected chi connectivity index (χ2v) is 4.74. The lowest BCUT2D eigenvalue weighted by Crippen LogP contribution is -2.12. The molecule has 0 bridgehead atoms. The Morgan fingerprint density at radius 2 is 2.00 bits per heavy atom. The summed E-state index contributed by atoms with van der Waals surface area (Å²) in [5.41, 5.74) is 3.86. The van der Waals surface area contributed by atoms with Crippen LogP contribution in [0.4, 0.5) is 5.00 Å². The summed E-state index contributed by atoms with van der Waals surface area (Å²) in [6, 6.07) is 13.0. The van der Waals surface area contributed by atoms with E-state index in [2.05, 4.69) is 5.48 Å². The van der Waals surface area contributed by atoms with E-state index in [0.717, 1.165) is 21.8 Å². The molecule has 0 aliphatic rings. The normalized spacial score (nSPS) is 10.4. The van der Waals surface area contributed by atoms with Crippen LogP contribution in [0.3, 0.4) is 0 Å². The smallest absolute Gasteiger partial charge is 0.297 e. The largest absolute Gasteiger partial charge is 0.324 e. The quantitative estimate of drug-likeness (QED) is 0.495. The lowest BCUT2D eigenvalue weighted by atomic mass is 10.2. The van der Waals surface area contributed by atoms with E-state index in [1.165, 1.54) is 6.07 Å². The van der Waals surface area contributed by atoms with Crippen molar-refractivity contribution in [2.75, 3.05) is 0 Å². The Kier molecular flexibility index (Phi) is 4.40. The first kappa shape index (κ1) is 12.7. The molecule has 2 aromatic rings. The molecule has 0 fully saturated rings. The first-order valence-electron chi connectivity index (χ1n) is 5.37. The maximum absolute atomic E-state index is 10.5. The van der Waals surface area contributed by atoms with Crippen molar-refractivity contribution in [1.82, 2.24) is 5.48 Å². The highest BCUT2D eigenvalue weighted by Gasteiger charge is 2.08. The van der Waals surface area contributed by atoms with Gasteiger partial charge in [0.15, 0.2) is 0 Å². The highest BCUT2D eigenvalue weighted by atomic mass is 32.1. The number of hydrogen-bond donors (Lipinski definition) is 1. The van der Waals surface area contributed by atoms with Crippen LogP contribution in [-0.2, 0) is 18.0 Å². The van der Waals surface area contributed by atoms with Gasteiger partial charge >= 0.3 is 5.00 Å². The van der Waals surface area contributed by atoms with E-state index in [4.69, 9.17) is 4.84 Å². The van der Waals surface area contributed by atoms with E-state index in [1.54, 1.807) is 6.07 Å². The number of thiophene rings is 1. The van der Waals surface area contributed by atoms with E-state index >= 15 is 0 Å². The molecule has 1 heterocycles. The number of nitro groups is 1. The van der Waals surface area contributed by atoms with Gasteiger partial charge in [-0.05, 0) is 11.6 Å². The second kappa shape index (κ2) is 6.25. The van der Waals surface area contributed by atoms with E-state index < -0.39 is 0 Å². The SMILES string of the molecule is O=[N+]([O-])c1ccc(CNOCc2ccccc2)s1. The van der Waals surface area contributed by atoms with Crippen LogP contribution in [0.2, 0.25) is 0 Å². The van der Waals surface area contributed by atoms with Gasteiger partial charge in [0.25, 0.3) is 0 Å². The third-order valence-corrected chi connectivity index (χ3v) is 3.29. The molecule has 0 saturated carbocycles. The van der Waals surface area contributed by atoms with Crippen molar-refractivity contribution in [2.45, 2.75) is 13.2 Å². The zero-order valence-electron chi connectivity index (χ0n) is 9.54. The molecule has 5 nitrogen and oxygen atoms in total. The molecule has 94 valence electrons. The third-order valence-electron chi connectivity index (χ3n) is 2.26. The summed E-state index contributed by atoms with van der Waals surface area (Å²) in [7, 11) is 0. The van der Waals surface area contributed by atoms with Crippen LogP contribution in [0.15, 0.2) is 42.5 Å². The number of hydrogen-bond acceptors (Lipinski definition) is 5. The summed E-state index contributed by atoms with van der Waals surface area (Å²) < 4.78 is 0. The monoisotopic (exact) mass is 264 g/mol. The fourth-order valence-corrected chi connectivity index (χ4v) is 2.14. The molecule has 0 saturated heterocycles. The second-order valence-electron chi connectivity index (χ2n) is 3.59. The number of hydroxylamine groups is 1. The number of nitrogens with one attached hydrogen (secondary N) is 1. The first-order chi connectivity index (χ1) is 8.75. The average molecular weight is 264 g/mol. The summed E-state index contributed by atoms with van der Waals surface area (Å²) in [6.07, 6.45) is 0. The summed E-state index contributed by atoms with van der Waals surface area (Å²) >= 11 is 1.15. The van der Waals surface area contributed by atoms with Gasteiger partial charge in [-0.1, -0.05) is 41.7 Å². The molecule has 0 unspecified atom stereocenters. The van der Waals surface area contributed by atoms with Crippen molar-refractivity contribution in [2.24, 2.45) is 0 Å². The minimum atomic E-state index is -0.390. The van der Waals surface area contributed by atoms with Gasteiger partial charge in [0.2, 0.25) is 0 Å². The highest BCUT2D eigenvalue weighted by Crippen LogP contribution is 2.23. The lowest BCUT2D eigenvalue weighted by molar-refractivity contribution is -0.380. The fraction of sp³-hybridized carbons (Fsp3) is 0.167. The van der Waals surface area contributed by atoms with E-state index in [1.807, 2.05) is 30.3 Å². The molecule has 0 radical (unpaired) electrons.